The second-order valence-electron chi connectivity index (χ2n) is 21.4. The van der Waals surface area contributed by atoms with Crippen molar-refractivity contribution in [2.75, 3.05) is 66.0 Å². The van der Waals surface area contributed by atoms with Gasteiger partial charge in [-0.15, -0.1) is 0 Å². The fraction of sp³-hybridized carbons (Fsp3) is 0.439. The van der Waals surface area contributed by atoms with Crippen LogP contribution in [0.4, 0.5) is 28.8 Å². The molecule has 0 unspecified atom stereocenters. The Hall–Kier alpha value is -6.95. The van der Waals surface area contributed by atoms with Gasteiger partial charge in [-0.3, -0.25) is 38.7 Å². The molecule has 0 saturated carbocycles. The number of anilines is 5. The van der Waals surface area contributed by atoms with E-state index in [4.69, 9.17) is 16.3 Å². The van der Waals surface area contributed by atoms with E-state index in [1.165, 1.54) is 33.3 Å². The molecule has 10 heterocycles. The summed E-state index contributed by atoms with van der Waals surface area (Å²) in [5.74, 6) is 2.70. The average molecular weight is 1030 g/mol. The van der Waals surface area contributed by atoms with Gasteiger partial charge in [0.15, 0.2) is 12.6 Å². The number of halogens is 1. The minimum absolute atomic E-state index is 0.113. The summed E-state index contributed by atoms with van der Waals surface area (Å²) in [6.45, 7) is 17.9. The van der Waals surface area contributed by atoms with E-state index in [-0.39, 0.29) is 22.9 Å². The number of nitrogens with zero attached hydrogens (tertiary/aromatic N) is 10. The van der Waals surface area contributed by atoms with E-state index in [1.807, 2.05) is 30.5 Å². The van der Waals surface area contributed by atoms with Gasteiger partial charge in [0.1, 0.15) is 34.5 Å². The zero-order valence-electron chi connectivity index (χ0n) is 43.5. The first-order chi connectivity index (χ1) is 36.2. The first kappa shape index (κ1) is 50.2. The third-order valence-corrected chi connectivity index (χ3v) is 17.0. The maximum atomic E-state index is 14.0. The summed E-state index contributed by atoms with van der Waals surface area (Å²) in [4.78, 5) is 86.1. The van der Waals surface area contributed by atoms with E-state index in [2.05, 4.69) is 73.8 Å². The molecule has 6 aliphatic rings. The molecule has 2 fully saturated rings. The highest BCUT2D eigenvalue weighted by Crippen LogP contribution is 2.44. The molecule has 75 heavy (non-hydrogen) atoms. The molecule has 2 saturated heterocycles. The summed E-state index contributed by atoms with van der Waals surface area (Å²) < 4.78 is 11.2. The number of fused-ring (bicyclic) bond motifs is 6. The van der Waals surface area contributed by atoms with Crippen LogP contribution in [-0.2, 0) is 24.9 Å². The van der Waals surface area contributed by atoms with Crippen molar-refractivity contribution in [1.82, 2.24) is 33.6 Å². The van der Waals surface area contributed by atoms with Gasteiger partial charge in [0.2, 0.25) is 0 Å². The van der Waals surface area contributed by atoms with E-state index in [0.717, 1.165) is 70.5 Å². The number of amides is 2. The molecule has 18 heteroatoms. The zero-order chi connectivity index (χ0) is 52.4. The molecule has 5 atom stereocenters. The van der Waals surface area contributed by atoms with Crippen LogP contribution in [0.5, 0.6) is 0 Å². The fourth-order valence-electron chi connectivity index (χ4n) is 12.4. The van der Waals surface area contributed by atoms with Crippen LogP contribution in [0.3, 0.4) is 0 Å². The molecule has 2 amide bonds. The molecule has 0 spiro atoms. The first-order valence-corrected chi connectivity index (χ1v) is 26.8. The average Bonchev–Trinajstić information content (AvgIpc) is 4.01. The minimum Gasteiger partial charge on any atom is -0.378 e. The number of piperazine rings is 1. The number of aldehydes is 2. The van der Waals surface area contributed by atoms with Gasteiger partial charge in [-0.1, -0.05) is 39.3 Å². The van der Waals surface area contributed by atoms with Crippen LogP contribution >= 0.6 is 11.6 Å². The predicted molar refractivity (Wildman–Crippen MR) is 290 cm³/mol. The van der Waals surface area contributed by atoms with Crippen LogP contribution in [-0.4, -0.2) is 116 Å². The van der Waals surface area contributed by atoms with E-state index in [0.29, 0.717) is 124 Å². The maximum Gasteiger partial charge on any atom is 0.276 e. The molecule has 6 aromatic rings. The highest BCUT2D eigenvalue weighted by molar-refractivity contribution is 6.33. The lowest BCUT2D eigenvalue weighted by molar-refractivity contribution is -0.0691. The maximum absolute atomic E-state index is 14.0. The Kier molecular flexibility index (Phi) is 13.6. The summed E-state index contributed by atoms with van der Waals surface area (Å²) in [5, 5.41) is 3.52. The molecule has 17 nitrogen and oxygen atoms in total. The number of carbonyl (C=O) groups excluding carboxylic acids is 4. The predicted octanol–water partition coefficient (Wildman–Crippen LogP) is 8.78. The molecule has 12 rings (SSSR count). The van der Waals surface area contributed by atoms with Crippen LogP contribution in [0.15, 0.2) is 72.0 Å². The minimum atomic E-state index is -0.231. The summed E-state index contributed by atoms with van der Waals surface area (Å²) in [6, 6.07) is 13.9. The smallest absolute Gasteiger partial charge is 0.276 e. The molecule has 6 aromatic heterocycles. The van der Waals surface area contributed by atoms with Crippen molar-refractivity contribution in [1.29, 1.82) is 0 Å². The number of pyridine rings is 4. The van der Waals surface area contributed by atoms with Crippen molar-refractivity contribution in [2.24, 2.45) is 7.05 Å². The quantitative estimate of drug-likeness (QED) is 0.137. The van der Waals surface area contributed by atoms with Crippen molar-refractivity contribution in [3.8, 4) is 11.1 Å². The first-order valence-electron chi connectivity index (χ1n) is 26.4. The van der Waals surface area contributed by atoms with Crippen LogP contribution in [0.25, 0.3) is 11.1 Å². The number of carbonyl (C=O) groups is 4. The lowest BCUT2D eigenvalue weighted by atomic mass is 9.82. The Morgan fingerprint density at radius 1 is 0.680 bits per heavy atom. The van der Waals surface area contributed by atoms with Crippen molar-refractivity contribution >= 4 is 64.8 Å². The summed E-state index contributed by atoms with van der Waals surface area (Å²) in [5.41, 5.74) is 9.40. The van der Waals surface area contributed by atoms with Gasteiger partial charge in [-0.25, -0.2) is 15.0 Å². The summed E-state index contributed by atoms with van der Waals surface area (Å²) in [7, 11) is 1.68. The van der Waals surface area contributed by atoms with Crippen molar-refractivity contribution in [3.05, 3.63) is 128 Å². The molecule has 390 valence electrons. The van der Waals surface area contributed by atoms with Crippen LogP contribution in [0.1, 0.15) is 148 Å². The van der Waals surface area contributed by atoms with Gasteiger partial charge in [0, 0.05) is 94.4 Å². The van der Waals surface area contributed by atoms with Gasteiger partial charge in [-0.2, -0.15) is 0 Å². The number of aryl methyl sites for hydroxylation is 1. The lowest BCUT2D eigenvalue weighted by Crippen LogP contribution is -2.59. The normalized spacial score (nSPS) is 22.5. The Balaban J connectivity index is 0.000000201. The molecular formula is C57H64ClN11O6. The number of aromatic nitrogens is 6. The molecule has 0 bridgehead atoms. The zero-order valence-corrected chi connectivity index (χ0v) is 44.2. The number of hydrogen-bond donors (Lipinski definition) is 1. The molecule has 4 aliphatic heterocycles. The Morgan fingerprint density at radius 3 is 1.81 bits per heavy atom. The van der Waals surface area contributed by atoms with Crippen LogP contribution in [0, 0.1) is 0 Å². The summed E-state index contributed by atoms with van der Waals surface area (Å²) >= 11 is 6.10. The Labute approximate surface area is 441 Å². The highest BCUT2D eigenvalue weighted by atomic mass is 35.5. The van der Waals surface area contributed by atoms with Crippen LogP contribution < -0.4 is 25.6 Å². The van der Waals surface area contributed by atoms with E-state index < -0.39 is 0 Å². The SMILES string of the molecule is C[C@@H]1CC[C@H](C)c2c1cc1n2CCN(c2nccc(-c3cc(Nc4ccc(N5CCN(C6COC6)C[C@@H]5C)cn4)c(=O)n(C)c3)c2C=O)C1=O.C[C@@H]1CC[C@H](C)c2c1cc1n2CCN(c2nccc(Cl)c2C=O)C1=O. The highest BCUT2D eigenvalue weighted by Gasteiger charge is 2.38. The second-order valence-corrected chi connectivity index (χ2v) is 21.8. The number of ether oxygens (including phenoxy) is 1. The fourth-order valence-corrected chi connectivity index (χ4v) is 12.6. The Bertz CT molecular complexity index is 3290. The van der Waals surface area contributed by atoms with Crippen molar-refractivity contribution < 1.29 is 23.9 Å². The number of nitrogens with one attached hydrogen (secondary N) is 1. The molecular weight excluding hydrogens is 970 g/mol. The van der Waals surface area contributed by atoms with E-state index >= 15 is 0 Å². The lowest BCUT2D eigenvalue weighted by Gasteiger charge is -2.46. The topological polar surface area (TPSA) is 173 Å². The molecule has 2 aliphatic carbocycles. The van der Waals surface area contributed by atoms with Gasteiger partial charge in [-0.05, 0) is 115 Å². The summed E-state index contributed by atoms with van der Waals surface area (Å²) in [6.07, 6.45) is 12.6. The Morgan fingerprint density at radius 2 is 1.27 bits per heavy atom. The van der Waals surface area contributed by atoms with E-state index in [9.17, 15) is 24.0 Å². The van der Waals surface area contributed by atoms with Gasteiger partial charge >= 0.3 is 0 Å². The van der Waals surface area contributed by atoms with Gasteiger partial charge in [0.25, 0.3) is 17.4 Å². The monoisotopic (exact) mass is 1030 g/mol. The molecule has 0 aromatic carbocycles. The largest absolute Gasteiger partial charge is 0.378 e. The standard InChI is InChI=1S/C38H44N8O4.C19H20ClN3O2/c1-23-5-6-24(2)35-30(23)16-33-38(49)46(14-13-45(33)35)36-31(20-47)29(9-10-39-36)26-15-32(37(48)42(4)19-26)41-34-8-7-27(17-40-34)44-12-11-43(18-25(44)3)28-21-50-22-28;1-11-3-4-12(2)17-13(11)9-16-19(25)23(8-7-22(16)17)18-14(10-24)15(20)5-6-21-18/h7-10,15-17,19-20,23-25,28H,5-6,11-14,18,21-22H2,1-4H3,(H,40,41);5-6,9-12H,3-4,7-8H2,1-2H3/t23-,24+,25+;11-,12+/m11/s1. The molecule has 1 N–H and O–H groups in total. The number of hydrogen-bond acceptors (Lipinski definition) is 12. The second kappa shape index (κ2) is 20.3. The van der Waals surface area contributed by atoms with Gasteiger partial charge in [0.05, 0.1) is 47.3 Å². The molecule has 0 radical (unpaired) electrons. The van der Waals surface area contributed by atoms with Crippen LogP contribution in [0.2, 0.25) is 5.02 Å². The van der Waals surface area contributed by atoms with Gasteiger partial charge < -0.3 is 28.7 Å². The number of rotatable bonds is 9. The van der Waals surface area contributed by atoms with Crippen molar-refractivity contribution in [3.63, 3.8) is 0 Å². The van der Waals surface area contributed by atoms with Crippen molar-refractivity contribution in [2.45, 2.75) is 109 Å². The third-order valence-electron chi connectivity index (χ3n) is 16.7. The van der Waals surface area contributed by atoms with E-state index in [1.54, 1.807) is 47.4 Å². The third kappa shape index (κ3) is 8.95.